The molecule has 4 heteroatoms. The molecule has 3 nitrogen and oxygen atoms in total. The molecule has 1 heterocycles. The van der Waals surface area contributed by atoms with Crippen LogP contribution < -0.4 is 10.5 Å². The van der Waals surface area contributed by atoms with Crippen molar-refractivity contribution < 1.29 is 4.74 Å². The van der Waals surface area contributed by atoms with E-state index in [1.54, 1.807) is 12.4 Å². The van der Waals surface area contributed by atoms with Gasteiger partial charge in [0.05, 0.1) is 0 Å². The van der Waals surface area contributed by atoms with E-state index in [-0.39, 0.29) is 6.04 Å². The van der Waals surface area contributed by atoms with Gasteiger partial charge in [0, 0.05) is 28.5 Å². The molecule has 0 amide bonds. The lowest BCUT2D eigenvalue weighted by molar-refractivity contribution is 0.301. The van der Waals surface area contributed by atoms with Gasteiger partial charge in [-0.1, -0.05) is 15.9 Å². The molecule has 1 atom stereocenters. The fraction of sp³-hybridized carbons (Fsp3) is 0.214. The standard InChI is InChI=1S/C14H15BrN2O/c1-10(16)13-8-12(15)2-3-14(13)18-9-11-4-6-17-7-5-11/h2-8,10H,9,16H2,1H3/t10-/m0/s1. The second kappa shape index (κ2) is 5.98. The zero-order valence-electron chi connectivity index (χ0n) is 10.1. The molecule has 0 aliphatic heterocycles. The second-order valence-corrected chi connectivity index (χ2v) is 5.03. The van der Waals surface area contributed by atoms with Gasteiger partial charge in [0.25, 0.3) is 0 Å². The summed E-state index contributed by atoms with van der Waals surface area (Å²) in [4.78, 5) is 3.98. The lowest BCUT2D eigenvalue weighted by atomic mass is 10.1. The lowest BCUT2D eigenvalue weighted by Gasteiger charge is -2.14. The van der Waals surface area contributed by atoms with E-state index in [9.17, 15) is 0 Å². The topological polar surface area (TPSA) is 48.1 Å². The van der Waals surface area contributed by atoms with Crippen molar-refractivity contribution in [3.05, 3.63) is 58.3 Å². The number of halogens is 1. The molecule has 0 fully saturated rings. The summed E-state index contributed by atoms with van der Waals surface area (Å²) in [6, 6.07) is 9.69. The van der Waals surface area contributed by atoms with Crippen LogP contribution in [0.1, 0.15) is 24.1 Å². The lowest BCUT2D eigenvalue weighted by Crippen LogP contribution is -2.08. The van der Waals surface area contributed by atoms with Crippen molar-refractivity contribution in [3.8, 4) is 5.75 Å². The molecule has 1 aromatic heterocycles. The van der Waals surface area contributed by atoms with Crippen LogP contribution in [-0.4, -0.2) is 4.98 Å². The maximum absolute atomic E-state index is 5.94. The number of hydrogen-bond acceptors (Lipinski definition) is 3. The number of benzene rings is 1. The molecule has 0 aliphatic carbocycles. The van der Waals surface area contributed by atoms with Crippen LogP contribution in [0.25, 0.3) is 0 Å². The van der Waals surface area contributed by atoms with Crippen LogP contribution in [0.4, 0.5) is 0 Å². The molecule has 0 spiro atoms. The third-order valence-electron chi connectivity index (χ3n) is 2.61. The number of nitrogens with zero attached hydrogens (tertiary/aromatic N) is 1. The van der Waals surface area contributed by atoms with E-state index in [0.717, 1.165) is 21.3 Å². The summed E-state index contributed by atoms with van der Waals surface area (Å²) in [5.41, 5.74) is 8.03. The Balaban J connectivity index is 2.14. The minimum atomic E-state index is -0.0602. The van der Waals surface area contributed by atoms with Crippen molar-refractivity contribution in [3.63, 3.8) is 0 Å². The Hall–Kier alpha value is -1.39. The normalized spacial score (nSPS) is 12.2. The fourth-order valence-electron chi connectivity index (χ4n) is 1.65. The van der Waals surface area contributed by atoms with Crippen LogP contribution in [0.15, 0.2) is 47.2 Å². The van der Waals surface area contributed by atoms with Crippen LogP contribution in [0.3, 0.4) is 0 Å². The van der Waals surface area contributed by atoms with Crippen LogP contribution in [0.2, 0.25) is 0 Å². The van der Waals surface area contributed by atoms with Gasteiger partial charge in [0.2, 0.25) is 0 Å². The Morgan fingerprint density at radius 2 is 2.00 bits per heavy atom. The summed E-state index contributed by atoms with van der Waals surface area (Å²) in [7, 11) is 0. The first-order valence-corrected chi connectivity index (χ1v) is 6.53. The molecule has 0 radical (unpaired) electrons. The average Bonchev–Trinajstić information content (AvgIpc) is 2.38. The minimum Gasteiger partial charge on any atom is -0.489 e. The van der Waals surface area contributed by atoms with E-state index in [2.05, 4.69) is 20.9 Å². The largest absolute Gasteiger partial charge is 0.489 e. The molecule has 0 saturated carbocycles. The molecule has 18 heavy (non-hydrogen) atoms. The monoisotopic (exact) mass is 306 g/mol. The number of pyridine rings is 1. The van der Waals surface area contributed by atoms with Gasteiger partial charge < -0.3 is 10.5 Å². The van der Waals surface area contributed by atoms with Crippen molar-refractivity contribution in [1.29, 1.82) is 0 Å². The van der Waals surface area contributed by atoms with E-state index >= 15 is 0 Å². The smallest absolute Gasteiger partial charge is 0.124 e. The predicted octanol–water partition coefficient (Wildman–Crippen LogP) is 3.44. The Morgan fingerprint density at radius 1 is 1.28 bits per heavy atom. The highest BCUT2D eigenvalue weighted by atomic mass is 79.9. The van der Waals surface area contributed by atoms with Crippen LogP contribution in [0.5, 0.6) is 5.75 Å². The van der Waals surface area contributed by atoms with E-state index < -0.39 is 0 Å². The Morgan fingerprint density at radius 3 is 2.67 bits per heavy atom. The zero-order valence-corrected chi connectivity index (χ0v) is 11.7. The molecule has 2 aromatic rings. The minimum absolute atomic E-state index is 0.0602. The van der Waals surface area contributed by atoms with Crippen LogP contribution in [-0.2, 0) is 6.61 Å². The number of hydrogen-bond donors (Lipinski definition) is 1. The quantitative estimate of drug-likeness (QED) is 0.941. The molecule has 1 aromatic carbocycles. The summed E-state index contributed by atoms with van der Waals surface area (Å²) in [6.45, 7) is 2.46. The number of aromatic nitrogens is 1. The SMILES string of the molecule is C[C@H](N)c1cc(Br)ccc1OCc1ccncc1. The van der Waals surface area contributed by atoms with Gasteiger partial charge in [-0.05, 0) is 42.8 Å². The van der Waals surface area contributed by atoms with E-state index in [0.29, 0.717) is 6.61 Å². The molecule has 0 saturated heterocycles. The molecule has 94 valence electrons. The molecule has 0 aliphatic rings. The van der Waals surface area contributed by atoms with Crippen molar-refractivity contribution in [2.24, 2.45) is 5.73 Å². The third kappa shape index (κ3) is 3.31. The van der Waals surface area contributed by atoms with Crippen molar-refractivity contribution in [1.82, 2.24) is 4.98 Å². The molecule has 0 unspecified atom stereocenters. The Kier molecular flexibility index (Phi) is 4.33. The Labute approximate surface area is 115 Å². The molecule has 0 bridgehead atoms. The first kappa shape index (κ1) is 13.1. The summed E-state index contributed by atoms with van der Waals surface area (Å²) in [5.74, 6) is 0.824. The van der Waals surface area contributed by atoms with E-state index in [1.165, 1.54) is 0 Å². The number of nitrogens with two attached hydrogens (primary N) is 1. The first-order valence-electron chi connectivity index (χ1n) is 5.73. The molecule has 2 rings (SSSR count). The maximum atomic E-state index is 5.94. The highest BCUT2D eigenvalue weighted by Gasteiger charge is 2.08. The third-order valence-corrected chi connectivity index (χ3v) is 3.10. The highest BCUT2D eigenvalue weighted by Crippen LogP contribution is 2.28. The van der Waals surface area contributed by atoms with E-state index in [4.69, 9.17) is 10.5 Å². The van der Waals surface area contributed by atoms with Crippen LogP contribution >= 0.6 is 15.9 Å². The number of rotatable bonds is 4. The van der Waals surface area contributed by atoms with Gasteiger partial charge in [-0.2, -0.15) is 0 Å². The van der Waals surface area contributed by atoms with Gasteiger partial charge in [0.15, 0.2) is 0 Å². The fourth-order valence-corrected chi connectivity index (χ4v) is 2.03. The van der Waals surface area contributed by atoms with Gasteiger partial charge in [-0.25, -0.2) is 0 Å². The summed E-state index contributed by atoms with van der Waals surface area (Å²) < 4.78 is 6.82. The highest BCUT2D eigenvalue weighted by molar-refractivity contribution is 9.10. The molecular weight excluding hydrogens is 292 g/mol. The van der Waals surface area contributed by atoms with Gasteiger partial charge >= 0.3 is 0 Å². The molecule has 2 N–H and O–H groups in total. The van der Waals surface area contributed by atoms with Crippen molar-refractivity contribution in [2.75, 3.05) is 0 Å². The summed E-state index contributed by atoms with van der Waals surface area (Å²) in [6.07, 6.45) is 3.51. The predicted molar refractivity (Wildman–Crippen MR) is 75.3 cm³/mol. The Bertz CT molecular complexity index is 514. The second-order valence-electron chi connectivity index (χ2n) is 4.11. The van der Waals surface area contributed by atoms with Crippen molar-refractivity contribution in [2.45, 2.75) is 19.6 Å². The van der Waals surface area contributed by atoms with Gasteiger partial charge in [-0.15, -0.1) is 0 Å². The number of ether oxygens (including phenoxy) is 1. The zero-order chi connectivity index (χ0) is 13.0. The molecular formula is C14H15BrN2O. The maximum Gasteiger partial charge on any atom is 0.124 e. The first-order chi connectivity index (χ1) is 8.66. The van der Waals surface area contributed by atoms with E-state index in [1.807, 2.05) is 37.3 Å². The van der Waals surface area contributed by atoms with Crippen LogP contribution in [0, 0.1) is 0 Å². The van der Waals surface area contributed by atoms with Crippen molar-refractivity contribution >= 4 is 15.9 Å². The average molecular weight is 307 g/mol. The summed E-state index contributed by atoms with van der Waals surface area (Å²) >= 11 is 3.44. The summed E-state index contributed by atoms with van der Waals surface area (Å²) in [5, 5.41) is 0. The van der Waals surface area contributed by atoms with Gasteiger partial charge in [0.1, 0.15) is 12.4 Å². The van der Waals surface area contributed by atoms with Gasteiger partial charge in [-0.3, -0.25) is 4.98 Å².